The van der Waals surface area contributed by atoms with E-state index in [1.807, 2.05) is 6.07 Å². The third-order valence-corrected chi connectivity index (χ3v) is 4.51. The highest BCUT2D eigenvalue weighted by atomic mass is 16.5. The summed E-state index contributed by atoms with van der Waals surface area (Å²) in [6.45, 7) is 7.73. The van der Waals surface area contributed by atoms with Gasteiger partial charge in [0.2, 0.25) is 0 Å². The molecule has 1 heterocycles. The van der Waals surface area contributed by atoms with Crippen molar-refractivity contribution in [1.82, 2.24) is 0 Å². The van der Waals surface area contributed by atoms with Crippen molar-refractivity contribution in [2.45, 2.75) is 72.3 Å². The molecule has 0 radical (unpaired) electrons. The standard InChI is InChI=1S/C10H14O3.C9H16O/c1-3-4-10(13-8(2)11)9-5-6-12-7-9;1-3-8-5-4-6-9(10)7(8)2/h5-7,10H,3-4H2,1-2H3;7-8H,3-6H2,1-2H3/t;7-,8?/m.1/s1. The molecule has 2 rings (SSSR count). The molecule has 0 saturated heterocycles. The molecule has 1 fully saturated rings. The number of hydrogen-bond acceptors (Lipinski definition) is 4. The van der Waals surface area contributed by atoms with Gasteiger partial charge in [0, 0.05) is 24.8 Å². The van der Waals surface area contributed by atoms with Crippen LogP contribution < -0.4 is 0 Å². The molecule has 0 spiro atoms. The Hall–Kier alpha value is -1.58. The molecule has 0 bridgehead atoms. The fourth-order valence-electron chi connectivity index (χ4n) is 3.05. The molecule has 1 aliphatic carbocycles. The average Bonchev–Trinajstić information content (AvgIpc) is 3.04. The quantitative estimate of drug-likeness (QED) is 0.709. The lowest BCUT2D eigenvalue weighted by atomic mass is 9.78. The van der Waals surface area contributed by atoms with Crippen molar-refractivity contribution in [2.24, 2.45) is 11.8 Å². The first-order valence-corrected chi connectivity index (χ1v) is 8.71. The third-order valence-electron chi connectivity index (χ3n) is 4.51. The molecule has 4 heteroatoms. The number of ether oxygens (including phenoxy) is 1. The monoisotopic (exact) mass is 322 g/mol. The van der Waals surface area contributed by atoms with E-state index >= 15 is 0 Å². The molecule has 4 nitrogen and oxygen atoms in total. The number of ketones is 1. The van der Waals surface area contributed by atoms with E-state index in [0.29, 0.717) is 17.6 Å². The molecule has 0 aromatic carbocycles. The predicted molar refractivity (Wildman–Crippen MR) is 89.9 cm³/mol. The van der Waals surface area contributed by atoms with Crippen LogP contribution in [0, 0.1) is 11.8 Å². The number of carbonyl (C=O) groups is 2. The highest BCUT2D eigenvalue weighted by molar-refractivity contribution is 5.81. The number of Topliss-reactive ketones (excluding diaryl/α,β-unsaturated/α-hetero) is 1. The van der Waals surface area contributed by atoms with Crippen LogP contribution in [0.3, 0.4) is 0 Å². The van der Waals surface area contributed by atoms with E-state index in [-0.39, 0.29) is 12.1 Å². The van der Waals surface area contributed by atoms with Gasteiger partial charge < -0.3 is 9.15 Å². The molecule has 1 aromatic rings. The van der Waals surface area contributed by atoms with Crippen molar-refractivity contribution in [3.05, 3.63) is 24.2 Å². The van der Waals surface area contributed by atoms with E-state index in [4.69, 9.17) is 9.15 Å². The fraction of sp³-hybridized carbons (Fsp3) is 0.684. The maximum atomic E-state index is 11.2. The fourth-order valence-corrected chi connectivity index (χ4v) is 3.05. The van der Waals surface area contributed by atoms with Gasteiger partial charge in [-0.25, -0.2) is 0 Å². The normalized spacial score (nSPS) is 22.0. The zero-order valence-electron chi connectivity index (χ0n) is 14.8. The van der Waals surface area contributed by atoms with Crippen LogP contribution in [0.5, 0.6) is 0 Å². The number of furan rings is 1. The summed E-state index contributed by atoms with van der Waals surface area (Å²) in [6.07, 6.45) is 9.25. The minimum absolute atomic E-state index is 0.152. The molecule has 23 heavy (non-hydrogen) atoms. The summed E-state index contributed by atoms with van der Waals surface area (Å²) in [4.78, 5) is 21.9. The van der Waals surface area contributed by atoms with Crippen molar-refractivity contribution in [3.63, 3.8) is 0 Å². The Morgan fingerprint density at radius 2 is 2.17 bits per heavy atom. The summed E-state index contributed by atoms with van der Waals surface area (Å²) in [5.74, 6) is 1.26. The van der Waals surface area contributed by atoms with Gasteiger partial charge in [-0.05, 0) is 31.2 Å². The molecule has 0 N–H and O–H groups in total. The maximum absolute atomic E-state index is 11.2. The minimum atomic E-state index is -0.250. The molecule has 0 aliphatic heterocycles. The Morgan fingerprint density at radius 3 is 2.65 bits per heavy atom. The van der Waals surface area contributed by atoms with Crippen molar-refractivity contribution in [3.8, 4) is 0 Å². The summed E-state index contributed by atoms with van der Waals surface area (Å²) in [6, 6.07) is 1.82. The topological polar surface area (TPSA) is 56.5 Å². The van der Waals surface area contributed by atoms with E-state index in [1.165, 1.54) is 19.8 Å². The van der Waals surface area contributed by atoms with E-state index in [2.05, 4.69) is 20.8 Å². The van der Waals surface area contributed by atoms with Crippen molar-refractivity contribution >= 4 is 11.8 Å². The number of hydrogen-bond donors (Lipinski definition) is 0. The highest BCUT2D eigenvalue weighted by Gasteiger charge is 2.25. The summed E-state index contributed by atoms with van der Waals surface area (Å²) in [5.41, 5.74) is 0.928. The van der Waals surface area contributed by atoms with Crippen molar-refractivity contribution in [1.29, 1.82) is 0 Å². The Labute approximate surface area is 139 Å². The van der Waals surface area contributed by atoms with Gasteiger partial charge in [0.1, 0.15) is 11.9 Å². The number of rotatable bonds is 5. The summed E-state index contributed by atoms with van der Waals surface area (Å²) >= 11 is 0. The Kier molecular flexibility index (Phi) is 8.67. The molecule has 130 valence electrons. The Morgan fingerprint density at radius 1 is 1.43 bits per heavy atom. The molecule has 0 amide bonds. The average molecular weight is 322 g/mol. The van der Waals surface area contributed by atoms with E-state index in [9.17, 15) is 9.59 Å². The van der Waals surface area contributed by atoms with E-state index in [1.54, 1.807) is 12.5 Å². The molecule has 2 unspecified atom stereocenters. The van der Waals surface area contributed by atoms with Gasteiger partial charge in [0.15, 0.2) is 0 Å². The second kappa shape index (κ2) is 10.2. The van der Waals surface area contributed by atoms with Gasteiger partial charge in [0.05, 0.1) is 12.5 Å². The molecule has 1 aromatic heterocycles. The van der Waals surface area contributed by atoms with E-state index in [0.717, 1.165) is 31.2 Å². The van der Waals surface area contributed by atoms with Crippen LogP contribution in [-0.4, -0.2) is 11.8 Å². The lowest BCUT2D eigenvalue weighted by molar-refractivity contribution is -0.147. The van der Waals surface area contributed by atoms with Gasteiger partial charge >= 0.3 is 5.97 Å². The highest BCUT2D eigenvalue weighted by Crippen LogP contribution is 2.28. The maximum Gasteiger partial charge on any atom is 0.303 e. The van der Waals surface area contributed by atoms with Crippen LogP contribution in [0.15, 0.2) is 23.0 Å². The summed E-state index contributed by atoms with van der Waals surface area (Å²) in [7, 11) is 0. The van der Waals surface area contributed by atoms with Crippen LogP contribution in [-0.2, 0) is 14.3 Å². The van der Waals surface area contributed by atoms with Crippen LogP contribution in [0.25, 0.3) is 0 Å². The second-order valence-corrected chi connectivity index (χ2v) is 6.26. The van der Waals surface area contributed by atoms with Crippen LogP contribution in [0.4, 0.5) is 0 Å². The molecule has 1 saturated carbocycles. The summed E-state index contributed by atoms with van der Waals surface area (Å²) < 4.78 is 10.1. The predicted octanol–water partition coefficient (Wildman–Crippen LogP) is 5.09. The van der Waals surface area contributed by atoms with Gasteiger partial charge in [-0.1, -0.05) is 33.6 Å². The van der Waals surface area contributed by atoms with Crippen molar-refractivity contribution in [2.75, 3.05) is 0 Å². The molecule has 1 aliphatic rings. The van der Waals surface area contributed by atoms with Crippen LogP contribution in [0.1, 0.15) is 77.9 Å². The van der Waals surface area contributed by atoms with Gasteiger partial charge in [-0.3, -0.25) is 9.59 Å². The lowest BCUT2D eigenvalue weighted by Crippen LogP contribution is -2.25. The van der Waals surface area contributed by atoms with Crippen LogP contribution in [0.2, 0.25) is 0 Å². The van der Waals surface area contributed by atoms with E-state index < -0.39 is 0 Å². The zero-order chi connectivity index (χ0) is 17.2. The molecule has 3 atom stereocenters. The smallest absolute Gasteiger partial charge is 0.303 e. The number of carbonyl (C=O) groups excluding carboxylic acids is 2. The first-order chi connectivity index (χ1) is 11.0. The van der Waals surface area contributed by atoms with Gasteiger partial charge in [-0.2, -0.15) is 0 Å². The molecular weight excluding hydrogens is 292 g/mol. The minimum Gasteiger partial charge on any atom is -0.472 e. The molecular formula is C19H30O4. The lowest BCUT2D eigenvalue weighted by Gasteiger charge is -2.26. The second-order valence-electron chi connectivity index (χ2n) is 6.26. The Balaban J connectivity index is 0.000000238. The van der Waals surface area contributed by atoms with Crippen LogP contribution >= 0.6 is 0 Å². The number of esters is 1. The van der Waals surface area contributed by atoms with Gasteiger partial charge in [0.25, 0.3) is 0 Å². The zero-order valence-corrected chi connectivity index (χ0v) is 14.8. The first kappa shape index (κ1) is 19.5. The third kappa shape index (κ3) is 6.59. The summed E-state index contributed by atoms with van der Waals surface area (Å²) in [5, 5.41) is 0. The van der Waals surface area contributed by atoms with Gasteiger partial charge in [-0.15, -0.1) is 0 Å². The first-order valence-electron chi connectivity index (χ1n) is 8.71. The SMILES string of the molecule is CCC1CCCC(=O)[C@@H]1C.CCCC(OC(C)=O)c1ccoc1. The largest absolute Gasteiger partial charge is 0.472 e. The van der Waals surface area contributed by atoms with Crippen molar-refractivity contribution < 1.29 is 18.7 Å². The Bertz CT molecular complexity index is 464.